The largest absolute Gasteiger partial charge is 0.487 e. The van der Waals surface area contributed by atoms with E-state index in [1.54, 1.807) is 0 Å². The molecule has 0 N–H and O–H groups in total. The van der Waals surface area contributed by atoms with E-state index in [-0.39, 0.29) is 29.5 Å². The molecule has 0 aromatic heterocycles. The molecule has 22 heavy (non-hydrogen) atoms. The number of ketones is 2. The van der Waals surface area contributed by atoms with Gasteiger partial charge in [0.1, 0.15) is 22.9 Å². The maximum absolute atomic E-state index is 11.8. The van der Waals surface area contributed by atoms with Crippen molar-refractivity contribution in [3.63, 3.8) is 0 Å². The molecule has 0 bridgehead atoms. The Morgan fingerprint density at radius 2 is 1.55 bits per heavy atom. The Hall–Kier alpha value is -1.64. The van der Waals surface area contributed by atoms with Crippen molar-refractivity contribution in [1.82, 2.24) is 0 Å². The van der Waals surface area contributed by atoms with Crippen molar-refractivity contribution in [1.29, 1.82) is 0 Å². The average molecular weight is 300 g/mol. The molecular formula is C19H24O3. The molecule has 1 heterocycles. The molecule has 0 atom stereocenters. The maximum atomic E-state index is 11.8. The van der Waals surface area contributed by atoms with E-state index in [9.17, 15) is 9.59 Å². The Balaban J connectivity index is 2.12. The summed E-state index contributed by atoms with van der Waals surface area (Å²) in [5.74, 6) is 1.14. The minimum atomic E-state index is -0.179. The zero-order valence-corrected chi connectivity index (χ0v) is 14.1. The van der Waals surface area contributed by atoms with Crippen molar-refractivity contribution in [2.75, 3.05) is 0 Å². The molecule has 1 fully saturated rings. The first-order valence-corrected chi connectivity index (χ1v) is 8.04. The first-order chi connectivity index (χ1) is 10.2. The van der Waals surface area contributed by atoms with Gasteiger partial charge >= 0.3 is 0 Å². The highest BCUT2D eigenvalue weighted by Gasteiger charge is 2.37. The van der Waals surface area contributed by atoms with E-state index in [2.05, 4.69) is 34.6 Å². The average Bonchev–Trinajstić information content (AvgIpc) is 2.72. The number of rotatable bonds is 1. The quantitative estimate of drug-likeness (QED) is 0.742. The molecule has 1 aliphatic heterocycles. The standard InChI is InChI=1S/C19H24O3/c1-10-11(2)17(13-6-14(20)8-15(21)7-13)12(3)18-16(10)9-19(4,5)22-18/h13H,6-9H2,1-5H3. The number of ether oxygens (including phenoxy) is 1. The van der Waals surface area contributed by atoms with Gasteiger partial charge in [0, 0.05) is 24.8 Å². The molecule has 3 rings (SSSR count). The second kappa shape index (κ2) is 4.94. The Kier molecular flexibility index (Phi) is 3.42. The molecule has 0 saturated heterocycles. The van der Waals surface area contributed by atoms with Gasteiger partial charge in [-0.1, -0.05) is 0 Å². The van der Waals surface area contributed by atoms with Gasteiger partial charge in [0.15, 0.2) is 0 Å². The minimum absolute atomic E-state index is 0.0186. The molecule has 1 saturated carbocycles. The van der Waals surface area contributed by atoms with Gasteiger partial charge in [-0.2, -0.15) is 0 Å². The fraction of sp³-hybridized carbons (Fsp3) is 0.579. The number of carbonyl (C=O) groups excluding carboxylic acids is 2. The predicted octanol–water partition coefficient (Wildman–Crippen LogP) is 3.73. The van der Waals surface area contributed by atoms with Gasteiger partial charge in [0.05, 0.1) is 6.42 Å². The Bertz CT molecular complexity index is 667. The smallest absolute Gasteiger partial charge is 0.140 e. The fourth-order valence-corrected chi connectivity index (χ4v) is 4.12. The monoisotopic (exact) mass is 300 g/mol. The number of Topliss-reactive ketones (excluding diaryl/α,β-unsaturated/α-hetero) is 2. The van der Waals surface area contributed by atoms with Crippen molar-refractivity contribution in [3.05, 3.63) is 27.8 Å². The minimum Gasteiger partial charge on any atom is -0.487 e. The van der Waals surface area contributed by atoms with Crippen molar-refractivity contribution in [3.8, 4) is 5.75 Å². The van der Waals surface area contributed by atoms with Crippen LogP contribution in [-0.2, 0) is 16.0 Å². The Labute approximate surface area is 132 Å². The van der Waals surface area contributed by atoms with Gasteiger partial charge in [0.2, 0.25) is 0 Å². The predicted molar refractivity (Wildman–Crippen MR) is 85.7 cm³/mol. The van der Waals surface area contributed by atoms with E-state index in [4.69, 9.17) is 4.74 Å². The highest BCUT2D eigenvalue weighted by Crippen LogP contribution is 2.46. The van der Waals surface area contributed by atoms with Gasteiger partial charge in [-0.25, -0.2) is 0 Å². The van der Waals surface area contributed by atoms with E-state index in [0.29, 0.717) is 12.8 Å². The van der Waals surface area contributed by atoms with Gasteiger partial charge in [-0.05, 0) is 62.8 Å². The number of hydrogen-bond donors (Lipinski definition) is 0. The van der Waals surface area contributed by atoms with Crippen LogP contribution in [0.1, 0.15) is 66.8 Å². The molecule has 1 aromatic rings. The number of hydrogen-bond acceptors (Lipinski definition) is 3. The molecule has 118 valence electrons. The summed E-state index contributed by atoms with van der Waals surface area (Å²) in [5, 5.41) is 0. The van der Waals surface area contributed by atoms with Crippen LogP contribution in [0.3, 0.4) is 0 Å². The summed E-state index contributed by atoms with van der Waals surface area (Å²) in [6.45, 7) is 10.5. The highest BCUT2D eigenvalue weighted by molar-refractivity contribution is 6.02. The molecule has 1 aromatic carbocycles. The molecule has 1 aliphatic carbocycles. The second-order valence-corrected chi connectivity index (χ2v) is 7.49. The molecule has 0 spiro atoms. The molecule has 3 nitrogen and oxygen atoms in total. The summed E-state index contributed by atoms with van der Waals surface area (Å²) in [6.07, 6.45) is 1.99. The van der Waals surface area contributed by atoms with E-state index >= 15 is 0 Å². The third-order valence-electron chi connectivity index (χ3n) is 5.17. The summed E-state index contributed by atoms with van der Waals surface area (Å²) >= 11 is 0. The van der Waals surface area contributed by atoms with E-state index in [1.807, 2.05) is 0 Å². The van der Waals surface area contributed by atoms with Crippen LogP contribution in [0.4, 0.5) is 0 Å². The van der Waals surface area contributed by atoms with Crippen LogP contribution in [0.2, 0.25) is 0 Å². The van der Waals surface area contributed by atoms with Crippen LogP contribution in [0, 0.1) is 20.8 Å². The maximum Gasteiger partial charge on any atom is 0.140 e. The molecule has 0 unspecified atom stereocenters. The van der Waals surface area contributed by atoms with Crippen molar-refractivity contribution in [2.45, 2.75) is 71.8 Å². The summed E-state index contributed by atoms with van der Waals surface area (Å²) in [6, 6.07) is 0. The van der Waals surface area contributed by atoms with Crippen molar-refractivity contribution in [2.24, 2.45) is 0 Å². The summed E-state index contributed by atoms with van der Waals surface area (Å²) in [4.78, 5) is 23.7. The summed E-state index contributed by atoms with van der Waals surface area (Å²) in [5.41, 5.74) is 5.88. The zero-order chi connectivity index (χ0) is 16.2. The summed E-state index contributed by atoms with van der Waals surface area (Å²) in [7, 11) is 0. The zero-order valence-electron chi connectivity index (χ0n) is 14.1. The van der Waals surface area contributed by atoms with Crippen LogP contribution >= 0.6 is 0 Å². The van der Waals surface area contributed by atoms with E-state index in [0.717, 1.165) is 23.3 Å². The van der Waals surface area contributed by atoms with Gasteiger partial charge in [0.25, 0.3) is 0 Å². The SMILES string of the molecule is Cc1c(C)c(C2CC(=O)CC(=O)C2)c(C)c2c1CC(C)(C)O2. The normalized spacial score (nSPS) is 21.0. The molecule has 3 heteroatoms. The first-order valence-electron chi connectivity index (χ1n) is 8.04. The molecule has 2 aliphatic rings. The summed E-state index contributed by atoms with van der Waals surface area (Å²) < 4.78 is 6.18. The van der Waals surface area contributed by atoms with Crippen molar-refractivity contribution < 1.29 is 14.3 Å². The molecular weight excluding hydrogens is 276 g/mol. The van der Waals surface area contributed by atoms with Crippen LogP contribution < -0.4 is 4.74 Å². The number of benzene rings is 1. The van der Waals surface area contributed by atoms with Crippen LogP contribution in [0.25, 0.3) is 0 Å². The number of carbonyl (C=O) groups is 2. The lowest BCUT2D eigenvalue weighted by Gasteiger charge is -2.26. The third-order valence-corrected chi connectivity index (χ3v) is 5.17. The van der Waals surface area contributed by atoms with Gasteiger partial charge in [-0.3, -0.25) is 9.59 Å². The number of fused-ring (bicyclic) bond motifs is 1. The fourth-order valence-electron chi connectivity index (χ4n) is 4.12. The van der Waals surface area contributed by atoms with Crippen LogP contribution in [0.15, 0.2) is 0 Å². The lowest BCUT2D eigenvalue weighted by Crippen LogP contribution is -2.25. The Morgan fingerprint density at radius 3 is 2.14 bits per heavy atom. The topological polar surface area (TPSA) is 43.4 Å². The van der Waals surface area contributed by atoms with E-state index in [1.165, 1.54) is 16.7 Å². The van der Waals surface area contributed by atoms with Crippen molar-refractivity contribution >= 4 is 11.6 Å². The second-order valence-electron chi connectivity index (χ2n) is 7.49. The molecule has 0 radical (unpaired) electrons. The van der Waals surface area contributed by atoms with Crippen LogP contribution in [-0.4, -0.2) is 17.2 Å². The van der Waals surface area contributed by atoms with Gasteiger partial charge < -0.3 is 4.74 Å². The van der Waals surface area contributed by atoms with Crippen LogP contribution in [0.5, 0.6) is 5.75 Å². The lowest BCUT2D eigenvalue weighted by atomic mass is 9.77. The highest BCUT2D eigenvalue weighted by atomic mass is 16.5. The van der Waals surface area contributed by atoms with Gasteiger partial charge in [-0.15, -0.1) is 0 Å². The van der Waals surface area contributed by atoms with E-state index < -0.39 is 0 Å². The first kappa shape index (κ1) is 15.3. The Morgan fingerprint density at radius 1 is 0.955 bits per heavy atom. The third kappa shape index (κ3) is 2.37. The molecule has 0 amide bonds. The lowest BCUT2D eigenvalue weighted by molar-refractivity contribution is -0.130.